The van der Waals surface area contributed by atoms with Crippen LogP contribution in [0.4, 0.5) is 0 Å². The molecular weight excluding hydrogens is 310 g/mol. The minimum absolute atomic E-state index is 0.463. The van der Waals surface area contributed by atoms with Crippen LogP contribution < -0.4 is 0 Å². The van der Waals surface area contributed by atoms with Gasteiger partial charge in [-0.3, -0.25) is 0 Å². The van der Waals surface area contributed by atoms with Gasteiger partial charge in [-0.25, -0.2) is 4.98 Å². The van der Waals surface area contributed by atoms with Crippen LogP contribution in [0.3, 0.4) is 0 Å². The molecule has 0 saturated carbocycles. The summed E-state index contributed by atoms with van der Waals surface area (Å²) in [6, 6.07) is 10.3. The second-order valence-electron chi connectivity index (χ2n) is 3.88. The average Bonchev–Trinajstić information content (AvgIpc) is 2.38. The minimum atomic E-state index is 0.463. The SMILES string of the molecule is CCOC(=S)c1ccc2ccc(CCBr)cc2n1. The Morgan fingerprint density at radius 1 is 1.33 bits per heavy atom. The van der Waals surface area contributed by atoms with Gasteiger partial charge in [0.2, 0.25) is 5.05 Å². The van der Waals surface area contributed by atoms with Crippen LogP contribution in [0.15, 0.2) is 30.3 Å². The Hall–Kier alpha value is -1.00. The molecule has 0 amide bonds. The van der Waals surface area contributed by atoms with Gasteiger partial charge in [-0.1, -0.05) is 34.1 Å². The average molecular weight is 324 g/mol. The monoisotopic (exact) mass is 323 g/mol. The van der Waals surface area contributed by atoms with Crippen molar-refractivity contribution in [2.75, 3.05) is 11.9 Å². The fourth-order valence-electron chi connectivity index (χ4n) is 1.75. The summed E-state index contributed by atoms with van der Waals surface area (Å²) < 4.78 is 5.32. The quantitative estimate of drug-likeness (QED) is 0.629. The van der Waals surface area contributed by atoms with Crippen LogP contribution in [0.5, 0.6) is 0 Å². The molecule has 1 heterocycles. The Bertz CT molecular complexity index is 571. The summed E-state index contributed by atoms with van der Waals surface area (Å²) in [5.41, 5.74) is 2.97. The number of benzene rings is 1. The standard InChI is InChI=1S/C14H14BrNOS/c1-2-17-14(18)12-6-5-11-4-3-10(7-8-15)9-13(11)16-12/h3-6,9H,2,7-8H2,1H3. The summed E-state index contributed by atoms with van der Waals surface area (Å²) in [4.78, 5) is 4.56. The molecule has 0 spiro atoms. The molecule has 18 heavy (non-hydrogen) atoms. The molecule has 0 radical (unpaired) electrons. The summed E-state index contributed by atoms with van der Waals surface area (Å²) in [5, 5.41) is 2.54. The molecule has 1 aromatic carbocycles. The lowest BCUT2D eigenvalue weighted by molar-refractivity contribution is 0.336. The van der Waals surface area contributed by atoms with E-state index >= 15 is 0 Å². The second kappa shape index (κ2) is 6.25. The maximum absolute atomic E-state index is 5.32. The normalized spacial score (nSPS) is 10.6. The molecule has 2 rings (SSSR count). The highest BCUT2D eigenvalue weighted by Gasteiger charge is 2.05. The van der Waals surface area contributed by atoms with Gasteiger partial charge in [-0.2, -0.15) is 0 Å². The largest absolute Gasteiger partial charge is 0.482 e. The molecule has 94 valence electrons. The summed E-state index contributed by atoms with van der Waals surface area (Å²) in [6.45, 7) is 2.49. The summed E-state index contributed by atoms with van der Waals surface area (Å²) in [6.07, 6.45) is 0.998. The van der Waals surface area contributed by atoms with E-state index in [0.717, 1.165) is 28.3 Å². The van der Waals surface area contributed by atoms with Gasteiger partial charge >= 0.3 is 0 Å². The molecule has 0 saturated heterocycles. The predicted molar refractivity (Wildman–Crippen MR) is 82.6 cm³/mol. The molecule has 2 aromatic rings. The van der Waals surface area contributed by atoms with Gasteiger partial charge < -0.3 is 4.74 Å². The van der Waals surface area contributed by atoms with Crippen molar-refractivity contribution in [3.05, 3.63) is 41.6 Å². The van der Waals surface area contributed by atoms with E-state index in [9.17, 15) is 0 Å². The zero-order valence-corrected chi connectivity index (χ0v) is 12.6. The number of rotatable bonds is 4. The van der Waals surface area contributed by atoms with E-state index in [2.05, 4.69) is 39.1 Å². The fourth-order valence-corrected chi connectivity index (χ4v) is 2.44. The fraction of sp³-hybridized carbons (Fsp3) is 0.286. The molecule has 2 nitrogen and oxygen atoms in total. The van der Waals surface area contributed by atoms with Crippen LogP contribution in [-0.2, 0) is 11.2 Å². The number of fused-ring (bicyclic) bond motifs is 1. The van der Waals surface area contributed by atoms with Gasteiger partial charge in [-0.15, -0.1) is 0 Å². The van der Waals surface area contributed by atoms with Crippen LogP contribution in [0.1, 0.15) is 18.2 Å². The van der Waals surface area contributed by atoms with E-state index in [4.69, 9.17) is 17.0 Å². The molecule has 0 aliphatic heterocycles. The van der Waals surface area contributed by atoms with Crippen molar-refractivity contribution in [1.82, 2.24) is 4.98 Å². The predicted octanol–water partition coefficient (Wildman–Crippen LogP) is 3.88. The van der Waals surface area contributed by atoms with E-state index in [-0.39, 0.29) is 0 Å². The van der Waals surface area contributed by atoms with Crippen LogP contribution >= 0.6 is 28.1 Å². The molecule has 0 aliphatic rings. The van der Waals surface area contributed by atoms with Crippen molar-refractivity contribution < 1.29 is 4.74 Å². The van der Waals surface area contributed by atoms with E-state index in [1.54, 1.807) is 0 Å². The Kier molecular flexibility index (Phi) is 4.66. The third-order valence-electron chi connectivity index (χ3n) is 2.62. The van der Waals surface area contributed by atoms with Gasteiger partial charge in [0.1, 0.15) is 5.69 Å². The lowest BCUT2D eigenvalue weighted by Crippen LogP contribution is -2.05. The third kappa shape index (κ3) is 3.06. The zero-order valence-electron chi connectivity index (χ0n) is 10.1. The van der Waals surface area contributed by atoms with E-state index < -0.39 is 0 Å². The van der Waals surface area contributed by atoms with Gasteiger partial charge in [0.05, 0.1) is 12.1 Å². The number of hydrogen-bond donors (Lipinski definition) is 0. The summed E-state index contributed by atoms with van der Waals surface area (Å²) >= 11 is 8.62. The molecule has 0 N–H and O–H groups in total. The smallest absolute Gasteiger partial charge is 0.210 e. The minimum Gasteiger partial charge on any atom is -0.482 e. The first kappa shape index (κ1) is 13.4. The zero-order chi connectivity index (χ0) is 13.0. The van der Waals surface area contributed by atoms with Gasteiger partial charge in [0.25, 0.3) is 0 Å². The number of ether oxygens (including phenoxy) is 1. The number of aryl methyl sites for hydroxylation is 1. The Balaban J connectivity index is 2.38. The van der Waals surface area contributed by atoms with Crippen LogP contribution in [0.25, 0.3) is 10.9 Å². The van der Waals surface area contributed by atoms with E-state index in [1.165, 1.54) is 5.56 Å². The Morgan fingerprint density at radius 2 is 2.11 bits per heavy atom. The van der Waals surface area contributed by atoms with Crippen molar-refractivity contribution in [1.29, 1.82) is 0 Å². The number of hydrogen-bond acceptors (Lipinski definition) is 3. The molecular formula is C14H14BrNOS. The first-order valence-electron chi connectivity index (χ1n) is 5.87. The Labute approximate surface area is 120 Å². The van der Waals surface area contributed by atoms with Crippen molar-refractivity contribution in [2.24, 2.45) is 0 Å². The number of nitrogens with zero attached hydrogens (tertiary/aromatic N) is 1. The Morgan fingerprint density at radius 3 is 2.83 bits per heavy atom. The highest BCUT2D eigenvalue weighted by atomic mass is 79.9. The van der Waals surface area contributed by atoms with Crippen molar-refractivity contribution in [2.45, 2.75) is 13.3 Å². The molecule has 0 fully saturated rings. The summed E-state index contributed by atoms with van der Waals surface area (Å²) in [5.74, 6) is 0. The van der Waals surface area contributed by atoms with Crippen molar-refractivity contribution >= 4 is 44.1 Å². The molecule has 0 bridgehead atoms. The molecule has 0 unspecified atom stereocenters. The van der Waals surface area contributed by atoms with Gasteiger partial charge in [-0.05, 0) is 43.3 Å². The third-order valence-corrected chi connectivity index (χ3v) is 3.35. The molecule has 4 heteroatoms. The van der Waals surface area contributed by atoms with Crippen molar-refractivity contribution in [3.63, 3.8) is 0 Å². The molecule has 0 aliphatic carbocycles. The van der Waals surface area contributed by atoms with Crippen molar-refractivity contribution in [3.8, 4) is 0 Å². The maximum atomic E-state index is 5.32. The maximum Gasteiger partial charge on any atom is 0.210 e. The lowest BCUT2D eigenvalue weighted by Gasteiger charge is -2.06. The topological polar surface area (TPSA) is 22.1 Å². The van der Waals surface area contributed by atoms with Gasteiger partial charge in [0, 0.05) is 10.7 Å². The number of alkyl halides is 1. The number of thiocarbonyl (C=S) groups is 1. The van der Waals surface area contributed by atoms with E-state index in [0.29, 0.717) is 11.7 Å². The van der Waals surface area contributed by atoms with Crippen LogP contribution in [0.2, 0.25) is 0 Å². The van der Waals surface area contributed by atoms with Gasteiger partial charge in [0.15, 0.2) is 0 Å². The highest BCUT2D eigenvalue weighted by molar-refractivity contribution is 9.09. The number of aromatic nitrogens is 1. The lowest BCUT2D eigenvalue weighted by atomic mass is 10.1. The molecule has 1 aromatic heterocycles. The first-order valence-corrected chi connectivity index (χ1v) is 7.40. The number of pyridine rings is 1. The second-order valence-corrected chi connectivity index (χ2v) is 5.05. The highest BCUT2D eigenvalue weighted by Crippen LogP contribution is 2.16. The van der Waals surface area contributed by atoms with E-state index in [1.807, 2.05) is 19.1 Å². The summed E-state index contributed by atoms with van der Waals surface area (Å²) in [7, 11) is 0. The number of halogens is 1. The first-order chi connectivity index (χ1) is 8.74. The van der Waals surface area contributed by atoms with Crippen LogP contribution in [0, 0.1) is 0 Å². The van der Waals surface area contributed by atoms with Crippen LogP contribution in [-0.4, -0.2) is 22.0 Å². The molecule has 0 atom stereocenters.